The summed E-state index contributed by atoms with van der Waals surface area (Å²) in [5.41, 5.74) is 4.00. The van der Waals surface area contributed by atoms with Gasteiger partial charge in [-0.25, -0.2) is 4.98 Å². The Labute approximate surface area is 178 Å². The van der Waals surface area contributed by atoms with E-state index in [0.717, 1.165) is 26.4 Å². The highest BCUT2D eigenvalue weighted by atomic mass is 79.9. The first kappa shape index (κ1) is 21.8. The molecule has 1 aromatic heterocycles. The SMILES string of the molecule is Cc1cc(C)c2sc(N(CCN(C)C)C(=O)c3cccc(Br)c3)nc2c1.Cl. The summed E-state index contributed by atoms with van der Waals surface area (Å²) in [6.07, 6.45) is 0. The molecule has 1 amide bonds. The number of halogens is 2. The Kier molecular flexibility index (Phi) is 7.40. The second-order valence-electron chi connectivity index (χ2n) is 6.70. The lowest BCUT2D eigenvalue weighted by atomic mass is 10.1. The summed E-state index contributed by atoms with van der Waals surface area (Å²) in [6.45, 7) is 5.53. The van der Waals surface area contributed by atoms with Crippen LogP contribution in [0.5, 0.6) is 0 Å². The Balaban J connectivity index is 0.00000261. The van der Waals surface area contributed by atoms with Gasteiger partial charge in [-0.1, -0.05) is 39.4 Å². The van der Waals surface area contributed by atoms with Crippen LogP contribution in [0.4, 0.5) is 5.13 Å². The van der Waals surface area contributed by atoms with E-state index in [-0.39, 0.29) is 18.3 Å². The number of fused-ring (bicyclic) bond motifs is 1. The van der Waals surface area contributed by atoms with Gasteiger partial charge in [-0.05, 0) is 63.3 Å². The zero-order valence-corrected chi connectivity index (χ0v) is 19.0. The zero-order chi connectivity index (χ0) is 18.8. The molecule has 0 aliphatic heterocycles. The van der Waals surface area contributed by atoms with Crippen LogP contribution in [-0.2, 0) is 0 Å². The number of aryl methyl sites for hydroxylation is 2. The van der Waals surface area contributed by atoms with Crippen LogP contribution in [0.25, 0.3) is 10.2 Å². The minimum atomic E-state index is -0.0263. The van der Waals surface area contributed by atoms with Crippen molar-refractivity contribution in [2.24, 2.45) is 0 Å². The maximum atomic E-state index is 13.2. The first-order chi connectivity index (χ1) is 12.3. The lowest BCUT2D eigenvalue weighted by Gasteiger charge is -2.22. The first-order valence-corrected chi connectivity index (χ1v) is 10.1. The first-order valence-electron chi connectivity index (χ1n) is 8.45. The van der Waals surface area contributed by atoms with Gasteiger partial charge in [-0.3, -0.25) is 9.69 Å². The van der Waals surface area contributed by atoms with Crippen LogP contribution in [0.1, 0.15) is 21.5 Å². The van der Waals surface area contributed by atoms with Gasteiger partial charge in [0.25, 0.3) is 5.91 Å². The minimum absolute atomic E-state index is 0. The number of rotatable bonds is 5. The summed E-state index contributed by atoms with van der Waals surface area (Å²) < 4.78 is 2.04. The molecule has 1 heterocycles. The van der Waals surface area contributed by atoms with Gasteiger partial charge in [0.2, 0.25) is 0 Å². The molecule has 3 rings (SSSR count). The van der Waals surface area contributed by atoms with Crippen LogP contribution in [0.3, 0.4) is 0 Å². The predicted octanol–water partition coefficient (Wildman–Crippen LogP) is 5.31. The maximum Gasteiger partial charge on any atom is 0.260 e. The molecular weight excluding hydrogens is 446 g/mol. The summed E-state index contributed by atoms with van der Waals surface area (Å²) in [6, 6.07) is 11.7. The van der Waals surface area contributed by atoms with E-state index in [0.29, 0.717) is 12.1 Å². The molecule has 27 heavy (non-hydrogen) atoms. The molecule has 2 aromatic carbocycles. The van der Waals surface area contributed by atoms with Gasteiger partial charge in [-0.15, -0.1) is 12.4 Å². The monoisotopic (exact) mass is 467 g/mol. The van der Waals surface area contributed by atoms with E-state index in [1.54, 1.807) is 16.2 Å². The summed E-state index contributed by atoms with van der Waals surface area (Å²) >= 11 is 5.03. The van der Waals surface area contributed by atoms with Crippen molar-refractivity contribution in [3.63, 3.8) is 0 Å². The molecule has 0 aliphatic carbocycles. The average molecular weight is 469 g/mol. The van der Waals surface area contributed by atoms with Crippen LogP contribution in [0, 0.1) is 13.8 Å². The molecule has 144 valence electrons. The summed E-state index contributed by atoms with van der Waals surface area (Å²) in [5.74, 6) is -0.0263. The fourth-order valence-electron chi connectivity index (χ4n) is 2.84. The fraction of sp³-hybridized carbons (Fsp3) is 0.300. The fourth-order valence-corrected chi connectivity index (χ4v) is 4.28. The molecule has 0 unspecified atom stereocenters. The van der Waals surface area contributed by atoms with E-state index in [1.807, 2.05) is 38.4 Å². The molecule has 0 atom stereocenters. The van der Waals surface area contributed by atoms with Gasteiger partial charge in [0.1, 0.15) is 0 Å². The molecular formula is C20H23BrClN3OS. The van der Waals surface area contributed by atoms with Crippen molar-refractivity contribution in [3.05, 3.63) is 57.6 Å². The standard InChI is InChI=1S/C20H22BrN3OS.ClH/c1-13-10-14(2)18-17(11-13)22-20(26-18)24(9-8-23(3)4)19(25)15-6-5-7-16(21)12-15;/h5-7,10-12H,8-9H2,1-4H3;1H. The lowest BCUT2D eigenvalue weighted by Crippen LogP contribution is -2.36. The second-order valence-corrected chi connectivity index (χ2v) is 8.59. The van der Waals surface area contributed by atoms with Crippen molar-refractivity contribution in [3.8, 4) is 0 Å². The topological polar surface area (TPSA) is 36.4 Å². The van der Waals surface area contributed by atoms with Gasteiger partial charge in [0, 0.05) is 23.1 Å². The van der Waals surface area contributed by atoms with Crippen LogP contribution in [0.15, 0.2) is 40.9 Å². The molecule has 4 nitrogen and oxygen atoms in total. The predicted molar refractivity (Wildman–Crippen MR) is 121 cm³/mol. The maximum absolute atomic E-state index is 13.2. The van der Waals surface area contributed by atoms with E-state index in [1.165, 1.54) is 11.1 Å². The van der Waals surface area contributed by atoms with Gasteiger partial charge in [0.15, 0.2) is 5.13 Å². The van der Waals surface area contributed by atoms with Gasteiger partial charge < -0.3 is 4.90 Å². The summed E-state index contributed by atoms with van der Waals surface area (Å²) in [4.78, 5) is 21.8. The minimum Gasteiger partial charge on any atom is -0.308 e. The highest BCUT2D eigenvalue weighted by Crippen LogP contribution is 2.33. The van der Waals surface area contributed by atoms with E-state index in [4.69, 9.17) is 4.98 Å². The van der Waals surface area contributed by atoms with Crippen LogP contribution < -0.4 is 4.90 Å². The van der Waals surface area contributed by atoms with Crippen molar-refractivity contribution in [2.45, 2.75) is 13.8 Å². The second kappa shape index (κ2) is 9.15. The molecule has 0 saturated carbocycles. The van der Waals surface area contributed by atoms with E-state index in [2.05, 4.69) is 46.8 Å². The Bertz CT molecular complexity index is 958. The number of carbonyl (C=O) groups is 1. The highest BCUT2D eigenvalue weighted by molar-refractivity contribution is 9.10. The Morgan fingerprint density at radius 2 is 1.89 bits per heavy atom. The number of anilines is 1. The van der Waals surface area contributed by atoms with Crippen molar-refractivity contribution < 1.29 is 4.79 Å². The third kappa shape index (κ3) is 5.08. The molecule has 0 N–H and O–H groups in total. The van der Waals surface area contributed by atoms with Gasteiger partial charge in [-0.2, -0.15) is 0 Å². The van der Waals surface area contributed by atoms with Crippen molar-refractivity contribution >= 4 is 60.9 Å². The number of hydrogen-bond donors (Lipinski definition) is 0. The molecule has 3 aromatic rings. The normalized spacial score (nSPS) is 10.9. The largest absolute Gasteiger partial charge is 0.308 e. The molecule has 0 spiro atoms. The number of nitrogens with zero attached hydrogens (tertiary/aromatic N) is 3. The van der Waals surface area contributed by atoms with Crippen molar-refractivity contribution in [2.75, 3.05) is 32.1 Å². The molecule has 0 aliphatic rings. The van der Waals surface area contributed by atoms with Crippen LogP contribution >= 0.6 is 39.7 Å². The number of hydrogen-bond acceptors (Lipinski definition) is 4. The number of likely N-dealkylation sites (N-methyl/N-ethyl adjacent to an activating group) is 1. The van der Waals surface area contributed by atoms with Crippen LogP contribution in [-0.4, -0.2) is 43.0 Å². The molecule has 0 radical (unpaired) electrons. The van der Waals surface area contributed by atoms with Crippen LogP contribution in [0.2, 0.25) is 0 Å². The number of benzene rings is 2. The molecule has 7 heteroatoms. The number of amides is 1. The molecule has 0 bridgehead atoms. The third-order valence-electron chi connectivity index (χ3n) is 4.13. The molecule has 0 fully saturated rings. The quantitative estimate of drug-likeness (QED) is 0.509. The highest BCUT2D eigenvalue weighted by Gasteiger charge is 2.22. The van der Waals surface area contributed by atoms with E-state index in [9.17, 15) is 4.79 Å². The Hall–Kier alpha value is -1.47. The summed E-state index contributed by atoms with van der Waals surface area (Å²) in [7, 11) is 4.02. The number of aromatic nitrogens is 1. The zero-order valence-electron chi connectivity index (χ0n) is 15.8. The average Bonchev–Trinajstić information content (AvgIpc) is 2.98. The van der Waals surface area contributed by atoms with Crippen molar-refractivity contribution in [1.82, 2.24) is 9.88 Å². The molecule has 0 saturated heterocycles. The smallest absolute Gasteiger partial charge is 0.260 e. The summed E-state index contributed by atoms with van der Waals surface area (Å²) in [5, 5.41) is 0.750. The van der Waals surface area contributed by atoms with Crippen molar-refractivity contribution in [1.29, 1.82) is 0 Å². The Morgan fingerprint density at radius 3 is 2.56 bits per heavy atom. The Morgan fingerprint density at radius 1 is 1.15 bits per heavy atom. The number of thiazole rings is 1. The van der Waals surface area contributed by atoms with E-state index >= 15 is 0 Å². The lowest BCUT2D eigenvalue weighted by molar-refractivity contribution is 0.0985. The third-order valence-corrected chi connectivity index (χ3v) is 5.85. The van der Waals surface area contributed by atoms with Gasteiger partial charge in [0.05, 0.1) is 10.2 Å². The van der Waals surface area contributed by atoms with Gasteiger partial charge >= 0.3 is 0 Å². The van der Waals surface area contributed by atoms with E-state index < -0.39 is 0 Å². The number of carbonyl (C=O) groups excluding carboxylic acids is 1.